The van der Waals surface area contributed by atoms with Crippen molar-refractivity contribution in [3.8, 4) is 18.2 Å². The highest BCUT2D eigenvalue weighted by molar-refractivity contribution is 5.76. The van der Waals surface area contributed by atoms with Crippen molar-refractivity contribution < 1.29 is 4.74 Å². The van der Waals surface area contributed by atoms with Crippen LogP contribution >= 0.6 is 0 Å². The molecule has 0 spiro atoms. The van der Waals surface area contributed by atoms with E-state index in [0.717, 1.165) is 11.4 Å². The Morgan fingerprint density at radius 1 is 1.03 bits per heavy atom. The van der Waals surface area contributed by atoms with E-state index in [1.807, 2.05) is 43.5 Å². The second-order valence-electron chi connectivity index (χ2n) is 7.23. The maximum atomic E-state index is 9.55. The first-order chi connectivity index (χ1) is 14.4. The predicted molar refractivity (Wildman–Crippen MR) is 116 cm³/mol. The predicted octanol–water partition coefficient (Wildman–Crippen LogP) is 5.08. The van der Waals surface area contributed by atoms with Gasteiger partial charge in [0.05, 0.1) is 0 Å². The van der Waals surface area contributed by atoms with Crippen LogP contribution in [0.5, 0.6) is 0 Å². The molecule has 0 saturated heterocycles. The number of para-hydroxylation sites is 1. The summed E-state index contributed by atoms with van der Waals surface area (Å²) in [6, 6.07) is 13.8. The molecule has 0 bridgehead atoms. The van der Waals surface area contributed by atoms with Gasteiger partial charge < -0.3 is 9.64 Å². The quantitative estimate of drug-likeness (QED) is 0.529. The first-order valence-corrected chi connectivity index (χ1v) is 9.37. The molecule has 3 rings (SSSR count). The van der Waals surface area contributed by atoms with Crippen LogP contribution in [0.3, 0.4) is 0 Å². The van der Waals surface area contributed by atoms with E-state index in [1.54, 1.807) is 32.1 Å². The molecule has 0 saturated carbocycles. The highest BCUT2D eigenvalue weighted by Gasteiger charge is 2.38. The standard InChI is InChI=1S/C25H20N4O/c1-25(2)22(21(17-28)24(30-25)19(15-26)16-27)11-6-4-5-10-20-14-13-18-9-7-8-12-23(18)29(20)3/h4-14H,1-3H3/b5-4+,11-6+,20-10+. The van der Waals surface area contributed by atoms with Crippen LogP contribution in [-0.2, 0) is 4.74 Å². The van der Waals surface area contributed by atoms with E-state index in [1.165, 1.54) is 5.56 Å². The summed E-state index contributed by atoms with van der Waals surface area (Å²) in [5.41, 5.74) is 3.22. The van der Waals surface area contributed by atoms with Crippen LogP contribution in [0.1, 0.15) is 19.4 Å². The first-order valence-electron chi connectivity index (χ1n) is 9.37. The van der Waals surface area contributed by atoms with Crippen LogP contribution < -0.4 is 4.90 Å². The number of ether oxygens (including phenoxy) is 1. The summed E-state index contributed by atoms with van der Waals surface area (Å²) in [5, 5.41) is 27.8. The fraction of sp³-hybridized carbons (Fsp3) is 0.160. The molecule has 0 unspecified atom stereocenters. The topological polar surface area (TPSA) is 83.8 Å². The zero-order chi connectivity index (χ0) is 21.7. The highest BCUT2D eigenvalue weighted by atomic mass is 16.5. The number of nitrogens with zero attached hydrogens (tertiary/aromatic N) is 4. The molecule has 0 N–H and O–H groups in total. The molecule has 0 amide bonds. The van der Waals surface area contributed by atoms with Crippen LogP contribution in [-0.4, -0.2) is 12.6 Å². The molecule has 5 heteroatoms. The smallest absolute Gasteiger partial charge is 0.172 e. The van der Waals surface area contributed by atoms with Gasteiger partial charge in [0, 0.05) is 24.0 Å². The van der Waals surface area contributed by atoms with E-state index in [0.29, 0.717) is 5.57 Å². The van der Waals surface area contributed by atoms with E-state index < -0.39 is 5.60 Å². The molecule has 0 atom stereocenters. The molecule has 0 radical (unpaired) electrons. The Labute approximate surface area is 176 Å². The Kier molecular flexibility index (Phi) is 5.73. The first kappa shape index (κ1) is 20.5. The zero-order valence-electron chi connectivity index (χ0n) is 17.0. The summed E-state index contributed by atoms with van der Waals surface area (Å²) in [7, 11) is 2.02. The van der Waals surface area contributed by atoms with Crippen molar-refractivity contribution in [3.05, 3.63) is 94.5 Å². The second kappa shape index (κ2) is 8.39. The van der Waals surface area contributed by atoms with Crippen LogP contribution in [0.2, 0.25) is 0 Å². The number of likely N-dealkylation sites (N-methyl/N-ethyl adjacent to an activating group) is 1. The number of fused-ring (bicyclic) bond motifs is 1. The SMILES string of the molecule is CN1/C(=C/C=C/C=C/C2=C(C#N)C(=C(C#N)C#N)OC2(C)C)C=Cc2ccccc21. The van der Waals surface area contributed by atoms with Crippen LogP contribution in [0.15, 0.2) is 88.9 Å². The van der Waals surface area contributed by atoms with Crippen LogP contribution in [0.25, 0.3) is 6.08 Å². The van der Waals surface area contributed by atoms with Crippen molar-refractivity contribution in [2.24, 2.45) is 0 Å². The number of benzene rings is 1. The summed E-state index contributed by atoms with van der Waals surface area (Å²) in [6.07, 6.45) is 13.5. The van der Waals surface area contributed by atoms with E-state index in [2.05, 4.69) is 35.3 Å². The molecule has 1 aromatic rings. The van der Waals surface area contributed by atoms with Gasteiger partial charge in [-0.15, -0.1) is 0 Å². The minimum absolute atomic E-state index is 0.0471. The van der Waals surface area contributed by atoms with Gasteiger partial charge in [0.15, 0.2) is 11.3 Å². The summed E-state index contributed by atoms with van der Waals surface area (Å²) < 4.78 is 5.74. The Bertz CT molecular complexity index is 1170. The van der Waals surface area contributed by atoms with Crippen molar-refractivity contribution >= 4 is 11.8 Å². The molecule has 1 aromatic carbocycles. The lowest BCUT2D eigenvalue weighted by atomic mass is 9.95. The van der Waals surface area contributed by atoms with Gasteiger partial charge in [-0.25, -0.2) is 0 Å². The molecular weight excluding hydrogens is 372 g/mol. The van der Waals surface area contributed by atoms with Gasteiger partial charge in [0.1, 0.15) is 29.4 Å². The molecule has 2 aliphatic heterocycles. The normalized spacial score (nSPS) is 18.3. The van der Waals surface area contributed by atoms with Crippen LogP contribution in [0.4, 0.5) is 5.69 Å². The Morgan fingerprint density at radius 2 is 1.77 bits per heavy atom. The second-order valence-corrected chi connectivity index (χ2v) is 7.23. The number of allylic oxidation sites excluding steroid dienone is 7. The van der Waals surface area contributed by atoms with Gasteiger partial charge in [-0.05, 0) is 37.6 Å². The number of anilines is 1. The lowest BCUT2D eigenvalue weighted by Crippen LogP contribution is -2.20. The van der Waals surface area contributed by atoms with Crippen LogP contribution in [0, 0.1) is 34.0 Å². The summed E-state index contributed by atoms with van der Waals surface area (Å²) in [4.78, 5) is 2.12. The minimum atomic E-state index is -0.807. The maximum Gasteiger partial charge on any atom is 0.172 e. The highest BCUT2D eigenvalue weighted by Crippen LogP contribution is 2.40. The van der Waals surface area contributed by atoms with Crippen molar-refractivity contribution in [3.63, 3.8) is 0 Å². The van der Waals surface area contributed by atoms with E-state index in [9.17, 15) is 5.26 Å². The summed E-state index contributed by atoms with van der Waals surface area (Å²) in [6.45, 7) is 3.60. The molecule has 0 fully saturated rings. The Balaban J connectivity index is 1.84. The zero-order valence-corrected chi connectivity index (χ0v) is 17.0. The number of hydrogen-bond acceptors (Lipinski definition) is 5. The summed E-state index contributed by atoms with van der Waals surface area (Å²) >= 11 is 0. The molecule has 2 aliphatic rings. The van der Waals surface area contributed by atoms with Crippen molar-refractivity contribution in [1.82, 2.24) is 0 Å². The van der Waals surface area contributed by atoms with E-state index >= 15 is 0 Å². The van der Waals surface area contributed by atoms with Gasteiger partial charge in [-0.1, -0.05) is 48.6 Å². The number of nitriles is 3. The average molecular weight is 392 g/mol. The largest absolute Gasteiger partial charge is 0.480 e. The fourth-order valence-electron chi connectivity index (χ4n) is 3.38. The monoisotopic (exact) mass is 392 g/mol. The molecule has 146 valence electrons. The van der Waals surface area contributed by atoms with Gasteiger partial charge in [-0.2, -0.15) is 15.8 Å². The van der Waals surface area contributed by atoms with E-state index in [4.69, 9.17) is 15.3 Å². The summed E-state index contributed by atoms with van der Waals surface area (Å²) in [5.74, 6) is 0.0471. The number of hydrogen-bond donors (Lipinski definition) is 0. The molecule has 5 nitrogen and oxygen atoms in total. The van der Waals surface area contributed by atoms with Crippen molar-refractivity contribution in [2.75, 3.05) is 11.9 Å². The Morgan fingerprint density at radius 3 is 2.47 bits per heavy atom. The third-order valence-electron chi connectivity index (χ3n) is 4.94. The maximum absolute atomic E-state index is 9.55. The average Bonchev–Trinajstić information content (AvgIpc) is 3.00. The van der Waals surface area contributed by atoms with E-state index in [-0.39, 0.29) is 16.9 Å². The van der Waals surface area contributed by atoms with Gasteiger partial charge >= 0.3 is 0 Å². The molecule has 2 heterocycles. The molecular formula is C25H20N4O. The van der Waals surface area contributed by atoms with Crippen molar-refractivity contribution in [1.29, 1.82) is 15.8 Å². The number of rotatable bonds is 3. The molecule has 0 aliphatic carbocycles. The molecule has 30 heavy (non-hydrogen) atoms. The van der Waals surface area contributed by atoms with Crippen molar-refractivity contribution in [2.45, 2.75) is 19.4 Å². The third-order valence-corrected chi connectivity index (χ3v) is 4.94. The lowest BCUT2D eigenvalue weighted by Gasteiger charge is -2.25. The fourth-order valence-corrected chi connectivity index (χ4v) is 3.38. The molecule has 0 aromatic heterocycles. The third kappa shape index (κ3) is 3.81. The van der Waals surface area contributed by atoms with Gasteiger partial charge in [-0.3, -0.25) is 0 Å². The van der Waals surface area contributed by atoms with Gasteiger partial charge in [0.2, 0.25) is 0 Å². The minimum Gasteiger partial charge on any atom is -0.480 e. The van der Waals surface area contributed by atoms with Gasteiger partial charge in [0.25, 0.3) is 0 Å². The Hall–Kier alpha value is -4.27. The lowest BCUT2D eigenvalue weighted by molar-refractivity contribution is 0.0954.